The molecule has 1 atom stereocenters. The van der Waals surface area contributed by atoms with E-state index in [4.69, 9.17) is 14.2 Å². The Morgan fingerprint density at radius 1 is 0.358 bits per heavy atom. The number of hydrogen-bond acceptors (Lipinski definition) is 6. The van der Waals surface area contributed by atoms with Gasteiger partial charge in [-0.2, -0.15) is 0 Å². The highest BCUT2D eigenvalue weighted by Crippen LogP contribution is 2.16. The Labute approximate surface area is 329 Å². The van der Waals surface area contributed by atoms with Gasteiger partial charge >= 0.3 is 17.9 Å². The molecule has 0 bridgehead atoms. The van der Waals surface area contributed by atoms with Crippen LogP contribution in [0.5, 0.6) is 0 Å². The van der Waals surface area contributed by atoms with Crippen LogP contribution < -0.4 is 0 Å². The minimum absolute atomic E-state index is 0.0636. The van der Waals surface area contributed by atoms with Crippen LogP contribution in [0.3, 0.4) is 0 Å². The molecule has 0 unspecified atom stereocenters. The first-order valence-corrected chi connectivity index (χ1v) is 23.4. The van der Waals surface area contributed by atoms with Crippen LogP contribution in [0.2, 0.25) is 0 Å². The van der Waals surface area contributed by atoms with Gasteiger partial charge in [0.15, 0.2) is 6.10 Å². The van der Waals surface area contributed by atoms with Crippen molar-refractivity contribution < 1.29 is 28.6 Å². The first-order valence-electron chi connectivity index (χ1n) is 23.4. The Bertz CT molecular complexity index is 796. The smallest absolute Gasteiger partial charge is 0.306 e. The number of unbranched alkanes of at least 4 members (excludes halogenated alkanes) is 29. The van der Waals surface area contributed by atoms with Gasteiger partial charge in [0.05, 0.1) is 0 Å². The first kappa shape index (κ1) is 51.4. The highest BCUT2D eigenvalue weighted by Gasteiger charge is 2.19. The van der Waals surface area contributed by atoms with Gasteiger partial charge in [-0.25, -0.2) is 0 Å². The lowest BCUT2D eigenvalue weighted by Gasteiger charge is -2.18. The van der Waals surface area contributed by atoms with E-state index >= 15 is 0 Å². The Hall–Kier alpha value is -1.59. The zero-order chi connectivity index (χ0) is 38.9. The van der Waals surface area contributed by atoms with Crippen LogP contribution in [0.15, 0.2) is 0 Å². The van der Waals surface area contributed by atoms with Gasteiger partial charge in [-0.1, -0.05) is 220 Å². The Balaban J connectivity index is 4.31. The third-order valence-electron chi connectivity index (χ3n) is 10.5. The van der Waals surface area contributed by atoms with Gasteiger partial charge in [0.2, 0.25) is 0 Å². The van der Waals surface area contributed by atoms with E-state index in [2.05, 4.69) is 27.7 Å². The zero-order valence-electron chi connectivity index (χ0n) is 36.0. The second-order valence-electron chi connectivity index (χ2n) is 16.5. The second kappa shape index (κ2) is 41.6. The van der Waals surface area contributed by atoms with Crippen molar-refractivity contribution >= 4 is 17.9 Å². The fourth-order valence-corrected chi connectivity index (χ4v) is 6.98. The lowest BCUT2D eigenvalue weighted by Crippen LogP contribution is -2.30. The van der Waals surface area contributed by atoms with Gasteiger partial charge in [-0.05, 0) is 25.2 Å². The molecule has 0 aromatic carbocycles. The van der Waals surface area contributed by atoms with E-state index in [9.17, 15) is 14.4 Å². The third-order valence-corrected chi connectivity index (χ3v) is 10.5. The maximum atomic E-state index is 12.7. The molecular weight excluding hydrogens is 661 g/mol. The fourth-order valence-electron chi connectivity index (χ4n) is 6.98. The van der Waals surface area contributed by atoms with E-state index < -0.39 is 6.10 Å². The molecule has 0 aliphatic carbocycles. The maximum Gasteiger partial charge on any atom is 0.306 e. The predicted octanol–water partition coefficient (Wildman–Crippen LogP) is 14.7. The van der Waals surface area contributed by atoms with Crippen LogP contribution in [0, 0.1) is 5.92 Å². The molecule has 0 aliphatic rings. The van der Waals surface area contributed by atoms with E-state index in [1.165, 1.54) is 154 Å². The third kappa shape index (κ3) is 41.4. The number of carbonyl (C=O) groups is 3. The average molecular weight is 751 g/mol. The van der Waals surface area contributed by atoms with Crippen LogP contribution in [-0.2, 0) is 28.6 Å². The molecule has 0 aromatic rings. The summed E-state index contributed by atoms with van der Waals surface area (Å²) in [5, 5.41) is 0. The minimum atomic E-state index is -0.758. The van der Waals surface area contributed by atoms with Gasteiger partial charge in [0.1, 0.15) is 13.2 Å². The molecule has 0 heterocycles. The largest absolute Gasteiger partial charge is 0.462 e. The normalized spacial score (nSPS) is 11.9. The summed E-state index contributed by atoms with van der Waals surface area (Å²) in [6.45, 7) is 8.98. The van der Waals surface area contributed by atoms with Crippen molar-refractivity contribution in [1.29, 1.82) is 0 Å². The van der Waals surface area contributed by atoms with Crippen molar-refractivity contribution in [2.45, 2.75) is 265 Å². The van der Waals surface area contributed by atoms with E-state index in [0.717, 1.165) is 63.7 Å². The maximum absolute atomic E-state index is 12.7. The molecule has 0 spiro atoms. The molecule has 0 N–H and O–H groups in total. The van der Waals surface area contributed by atoms with Gasteiger partial charge in [0, 0.05) is 19.3 Å². The summed E-state index contributed by atoms with van der Waals surface area (Å²) in [7, 11) is 0. The molecule has 0 fully saturated rings. The molecule has 0 rings (SSSR count). The number of hydrogen-bond donors (Lipinski definition) is 0. The predicted molar refractivity (Wildman–Crippen MR) is 224 cm³/mol. The lowest BCUT2D eigenvalue weighted by atomic mass is 10.0. The number of rotatable bonds is 42. The molecule has 6 heteroatoms. The molecular formula is C47H90O6. The van der Waals surface area contributed by atoms with Crippen LogP contribution in [0.4, 0.5) is 0 Å². The van der Waals surface area contributed by atoms with E-state index in [1.807, 2.05) is 0 Å². The summed E-state index contributed by atoms with van der Waals surface area (Å²) >= 11 is 0. The summed E-state index contributed by atoms with van der Waals surface area (Å²) in [4.78, 5) is 37.7. The molecule has 0 saturated carbocycles. The molecule has 0 amide bonds. The second-order valence-corrected chi connectivity index (χ2v) is 16.5. The lowest BCUT2D eigenvalue weighted by molar-refractivity contribution is -0.167. The molecule has 314 valence electrons. The Kier molecular flexibility index (Phi) is 40.3. The number of ether oxygens (including phenoxy) is 3. The summed E-state index contributed by atoms with van der Waals surface area (Å²) in [6, 6.07) is 0. The van der Waals surface area contributed by atoms with Crippen LogP contribution in [0.25, 0.3) is 0 Å². The van der Waals surface area contributed by atoms with Gasteiger partial charge < -0.3 is 14.2 Å². The molecule has 0 radical (unpaired) electrons. The Morgan fingerprint density at radius 2 is 0.623 bits per heavy atom. The number of carbonyl (C=O) groups excluding carboxylic acids is 3. The SMILES string of the molecule is CCCCCCCCCCCCCCC(=O)OC[C@@H](COC(=O)CCCCCCCCCCCCC(C)C)OC(=O)CCCCCCCCCCCC. The van der Waals surface area contributed by atoms with Crippen LogP contribution >= 0.6 is 0 Å². The zero-order valence-corrected chi connectivity index (χ0v) is 36.0. The van der Waals surface area contributed by atoms with E-state index in [-0.39, 0.29) is 31.1 Å². The van der Waals surface area contributed by atoms with Gasteiger partial charge in [-0.3, -0.25) is 14.4 Å². The summed E-state index contributed by atoms with van der Waals surface area (Å²) in [5.74, 6) is -0.0351. The molecule has 0 aromatic heterocycles. The van der Waals surface area contributed by atoms with Gasteiger partial charge in [-0.15, -0.1) is 0 Å². The van der Waals surface area contributed by atoms with Crippen LogP contribution in [0.1, 0.15) is 259 Å². The quantitative estimate of drug-likeness (QED) is 0.0351. The topological polar surface area (TPSA) is 78.9 Å². The molecule has 0 saturated heterocycles. The van der Waals surface area contributed by atoms with E-state index in [1.54, 1.807) is 0 Å². The molecule has 6 nitrogen and oxygen atoms in total. The standard InChI is InChI=1S/C47H90O6/c1-5-7-9-11-13-15-17-18-23-26-30-34-38-45(48)51-41-44(53-47(50)40-36-32-28-22-16-14-12-10-8-6-2)42-52-46(49)39-35-31-27-24-20-19-21-25-29-33-37-43(3)4/h43-44H,5-42H2,1-4H3/t44-/m0/s1. The van der Waals surface area contributed by atoms with Crippen molar-refractivity contribution in [2.24, 2.45) is 5.92 Å². The van der Waals surface area contributed by atoms with E-state index in [0.29, 0.717) is 19.3 Å². The Morgan fingerprint density at radius 3 is 0.925 bits per heavy atom. The van der Waals surface area contributed by atoms with Crippen molar-refractivity contribution in [1.82, 2.24) is 0 Å². The van der Waals surface area contributed by atoms with Crippen LogP contribution in [-0.4, -0.2) is 37.2 Å². The highest BCUT2D eigenvalue weighted by molar-refractivity contribution is 5.71. The van der Waals surface area contributed by atoms with Crippen molar-refractivity contribution in [3.05, 3.63) is 0 Å². The molecule has 0 aliphatic heterocycles. The summed E-state index contributed by atoms with van der Waals surface area (Å²) < 4.78 is 16.7. The first-order chi connectivity index (χ1) is 25.9. The van der Waals surface area contributed by atoms with Crippen molar-refractivity contribution in [2.75, 3.05) is 13.2 Å². The highest BCUT2D eigenvalue weighted by atomic mass is 16.6. The average Bonchev–Trinajstić information content (AvgIpc) is 3.14. The van der Waals surface area contributed by atoms with Crippen molar-refractivity contribution in [3.8, 4) is 0 Å². The molecule has 53 heavy (non-hydrogen) atoms. The minimum Gasteiger partial charge on any atom is -0.462 e. The monoisotopic (exact) mass is 751 g/mol. The van der Waals surface area contributed by atoms with Gasteiger partial charge in [0.25, 0.3) is 0 Å². The van der Waals surface area contributed by atoms with Crippen molar-refractivity contribution in [3.63, 3.8) is 0 Å². The summed E-state index contributed by atoms with van der Waals surface area (Å²) in [6.07, 6.45) is 40.8. The number of esters is 3. The summed E-state index contributed by atoms with van der Waals surface area (Å²) in [5.41, 5.74) is 0. The fraction of sp³-hybridized carbons (Fsp3) is 0.936.